The van der Waals surface area contributed by atoms with Gasteiger partial charge in [0.2, 0.25) is 0 Å². The summed E-state index contributed by atoms with van der Waals surface area (Å²) >= 11 is 6.93. The number of nitrogens with one attached hydrogen (secondary N) is 1. The van der Waals surface area contributed by atoms with Crippen molar-refractivity contribution in [3.8, 4) is 5.69 Å². The van der Waals surface area contributed by atoms with E-state index in [2.05, 4.69) is 51.0 Å². The Balaban J connectivity index is 1.82. The number of rotatable bonds is 7. The Hall–Kier alpha value is -2.97. The van der Waals surface area contributed by atoms with Crippen LogP contribution in [-0.4, -0.2) is 27.0 Å². The number of carbonyl (C=O) groups excluding carboxylic acids is 1. The van der Waals surface area contributed by atoms with Gasteiger partial charge >= 0.3 is 6.03 Å². The third-order valence-corrected chi connectivity index (χ3v) is 7.03. The van der Waals surface area contributed by atoms with Gasteiger partial charge in [-0.15, -0.1) is 0 Å². The summed E-state index contributed by atoms with van der Waals surface area (Å²) in [6.07, 6.45) is 0.812. The van der Waals surface area contributed by atoms with Crippen LogP contribution in [0.4, 0.5) is 10.5 Å². The third kappa shape index (κ3) is 5.87. The smallest absolute Gasteiger partial charge is 0.315 e. The van der Waals surface area contributed by atoms with Crippen molar-refractivity contribution in [3.05, 3.63) is 97.9 Å². The third-order valence-electron chi connectivity index (χ3n) is 6.01. The Bertz CT molecular complexity index is 1430. The second-order valence-corrected chi connectivity index (χ2v) is 10.9. The maximum atomic E-state index is 13.7. The molecule has 0 fully saturated rings. The predicted molar refractivity (Wildman–Crippen MR) is 153 cm³/mol. The minimum absolute atomic E-state index is 0.166. The minimum atomic E-state index is -0.475. The average molecular weight is 612 g/mol. The summed E-state index contributed by atoms with van der Waals surface area (Å²) in [6, 6.07) is 21.6. The molecule has 0 aliphatic heterocycles. The van der Waals surface area contributed by atoms with Gasteiger partial charge in [-0.3, -0.25) is 9.36 Å². The number of nitrogens with zero attached hydrogens (tertiary/aromatic N) is 3. The highest BCUT2D eigenvalue weighted by molar-refractivity contribution is 9.10. The van der Waals surface area contributed by atoms with Crippen molar-refractivity contribution in [2.45, 2.75) is 33.2 Å². The van der Waals surface area contributed by atoms with Crippen LogP contribution in [0.1, 0.15) is 39.1 Å². The number of benzene rings is 3. The number of para-hydroxylation sites is 1. The molecule has 2 amide bonds. The molecule has 1 heterocycles. The standard InChI is InChI=1S/C28H28Br2N4O2/c1-18(2)15-16-33(28(36)31-22-8-6-7-21(30)17-22)19(3)26-32-25-10-5-4-9-24(25)27(35)34(26)23-13-11-20(29)12-14-23/h4-14,17-19H,15-16H2,1-3H3,(H,31,36). The van der Waals surface area contributed by atoms with Crippen LogP contribution in [0.3, 0.4) is 0 Å². The molecule has 0 saturated heterocycles. The van der Waals surface area contributed by atoms with Crippen LogP contribution >= 0.6 is 31.9 Å². The fourth-order valence-corrected chi connectivity index (χ4v) is 4.70. The number of urea groups is 1. The molecule has 1 aromatic heterocycles. The Kier molecular flexibility index (Phi) is 8.26. The number of halogens is 2. The van der Waals surface area contributed by atoms with Crippen molar-refractivity contribution < 1.29 is 4.79 Å². The first kappa shape index (κ1) is 26.1. The molecule has 0 bridgehead atoms. The maximum absolute atomic E-state index is 13.7. The second kappa shape index (κ2) is 11.4. The van der Waals surface area contributed by atoms with Crippen molar-refractivity contribution in [2.24, 2.45) is 5.92 Å². The molecule has 3 aromatic carbocycles. The quantitative estimate of drug-likeness (QED) is 0.235. The zero-order valence-electron chi connectivity index (χ0n) is 20.4. The van der Waals surface area contributed by atoms with Gasteiger partial charge in [0.05, 0.1) is 22.6 Å². The SMILES string of the molecule is CC(C)CCN(C(=O)Nc1cccc(Br)c1)C(C)c1nc2ccccc2c(=O)n1-c1ccc(Br)cc1. The Morgan fingerprint density at radius 2 is 1.69 bits per heavy atom. The lowest BCUT2D eigenvalue weighted by Crippen LogP contribution is -2.40. The van der Waals surface area contributed by atoms with Gasteiger partial charge in [-0.25, -0.2) is 9.78 Å². The first-order chi connectivity index (χ1) is 17.2. The molecule has 0 radical (unpaired) electrons. The largest absolute Gasteiger partial charge is 0.322 e. The topological polar surface area (TPSA) is 67.2 Å². The molecule has 1 N–H and O–H groups in total. The van der Waals surface area contributed by atoms with Crippen LogP contribution < -0.4 is 10.9 Å². The molecule has 4 rings (SSSR count). The molecule has 0 aliphatic rings. The Morgan fingerprint density at radius 1 is 0.972 bits per heavy atom. The molecule has 0 saturated carbocycles. The summed E-state index contributed by atoms with van der Waals surface area (Å²) in [6.45, 7) is 6.69. The second-order valence-electron chi connectivity index (χ2n) is 9.10. The molecule has 36 heavy (non-hydrogen) atoms. The van der Waals surface area contributed by atoms with Crippen molar-refractivity contribution in [2.75, 3.05) is 11.9 Å². The first-order valence-corrected chi connectivity index (χ1v) is 13.4. The number of hydrogen-bond acceptors (Lipinski definition) is 3. The van der Waals surface area contributed by atoms with Crippen molar-refractivity contribution in [1.29, 1.82) is 0 Å². The predicted octanol–water partition coefficient (Wildman–Crippen LogP) is 7.55. The van der Waals surface area contributed by atoms with Gasteiger partial charge in [-0.2, -0.15) is 0 Å². The molecule has 0 spiro atoms. The van der Waals surface area contributed by atoms with Crippen molar-refractivity contribution in [1.82, 2.24) is 14.5 Å². The molecule has 4 aromatic rings. The molecular weight excluding hydrogens is 584 g/mol. The van der Waals surface area contributed by atoms with Gasteiger partial charge in [-0.05, 0) is 73.9 Å². The van der Waals surface area contributed by atoms with E-state index < -0.39 is 6.04 Å². The zero-order chi connectivity index (χ0) is 25.8. The lowest BCUT2D eigenvalue weighted by atomic mass is 10.1. The molecule has 6 nitrogen and oxygen atoms in total. The normalized spacial score (nSPS) is 12.1. The van der Waals surface area contributed by atoms with Crippen LogP contribution in [0.15, 0.2) is 86.5 Å². The van der Waals surface area contributed by atoms with Crippen LogP contribution in [0.2, 0.25) is 0 Å². The summed E-state index contributed by atoms with van der Waals surface area (Å²) in [4.78, 5) is 33.9. The monoisotopic (exact) mass is 610 g/mol. The van der Waals surface area contributed by atoms with Gasteiger partial charge in [0.1, 0.15) is 5.82 Å². The van der Waals surface area contributed by atoms with Crippen LogP contribution in [0, 0.1) is 5.92 Å². The van der Waals surface area contributed by atoms with Gasteiger partial charge in [0, 0.05) is 21.2 Å². The molecule has 186 valence electrons. The van der Waals surface area contributed by atoms with E-state index in [-0.39, 0.29) is 11.6 Å². The lowest BCUT2D eigenvalue weighted by molar-refractivity contribution is 0.185. The summed E-state index contributed by atoms with van der Waals surface area (Å²) in [5, 5.41) is 3.54. The number of anilines is 1. The molecule has 1 unspecified atom stereocenters. The fraction of sp³-hybridized carbons (Fsp3) is 0.250. The van der Waals surface area contributed by atoms with Crippen LogP contribution in [0.5, 0.6) is 0 Å². The Morgan fingerprint density at radius 3 is 2.39 bits per heavy atom. The highest BCUT2D eigenvalue weighted by atomic mass is 79.9. The highest BCUT2D eigenvalue weighted by Crippen LogP contribution is 2.26. The molecular formula is C28H28Br2N4O2. The molecule has 0 aliphatic carbocycles. The number of carbonyl (C=O) groups is 1. The van der Waals surface area contributed by atoms with E-state index >= 15 is 0 Å². The molecule has 1 atom stereocenters. The number of fused-ring (bicyclic) bond motifs is 1. The van der Waals surface area contributed by atoms with Gasteiger partial charge in [0.25, 0.3) is 5.56 Å². The van der Waals surface area contributed by atoms with Crippen LogP contribution in [0.25, 0.3) is 16.6 Å². The first-order valence-electron chi connectivity index (χ1n) is 11.9. The van der Waals surface area contributed by atoms with E-state index in [1.807, 2.05) is 73.7 Å². The summed E-state index contributed by atoms with van der Waals surface area (Å²) in [5.74, 6) is 0.908. The lowest BCUT2D eigenvalue weighted by Gasteiger charge is -2.31. The van der Waals surface area contributed by atoms with E-state index in [9.17, 15) is 9.59 Å². The van der Waals surface area contributed by atoms with Crippen molar-refractivity contribution >= 4 is 54.5 Å². The highest BCUT2D eigenvalue weighted by Gasteiger charge is 2.27. The van der Waals surface area contributed by atoms with Crippen LogP contribution in [-0.2, 0) is 0 Å². The summed E-state index contributed by atoms with van der Waals surface area (Å²) < 4.78 is 3.41. The average Bonchev–Trinajstić information content (AvgIpc) is 2.84. The fourth-order valence-electron chi connectivity index (χ4n) is 4.04. The van der Waals surface area contributed by atoms with E-state index in [0.717, 1.165) is 15.4 Å². The summed E-state index contributed by atoms with van der Waals surface area (Å²) in [5.41, 5.74) is 1.82. The number of amides is 2. The molecule has 8 heteroatoms. The minimum Gasteiger partial charge on any atom is -0.315 e. The number of hydrogen-bond donors (Lipinski definition) is 1. The number of aromatic nitrogens is 2. The van der Waals surface area contributed by atoms with E-state index in [4.69, 9.17) is 4.98 Å². The maximum Gasteiger partial charge on any atom is 0.322 e. The van der Waals surface area contributed by atoms with Crippen molar-refractivity contribution in [3.63, 3.8) is 0 Å². The van der Waals surface area contributed by atoms with E-state index in [1.165, 1.54) is 0 Å². The van der Waals surface area contributed by atoms with Gasteiger partial charge in [0.15, 0.2) is 0 Å². The van der Waals surface area contributed by atoms with E-state index in [1.54, 1.807) is 15.5 Å². The van der Waals surface area contributed by atoms with Gasteiger partial charge < -0.3 is 10.2 Å². The van der Waals surface area contributed by atoms with Gasteiger partial charge in [-0.1, -0.05) is 63.9 Å². The zero-order valence-corrected chi connectivity index (χ0v) is 23.6. The van der Waals surface area contributed by atoms with E-state index in [0.29, 0.717) is 40.6 Å². The Labute approximate surface area is 227 Å². The summed E-state index contributed by atoms with van der Waals surface area (Å²) in [7, 11) is 0.